The van der Waals surface area contributed by atoms with Crippen molar-refractivity contribution in [2.75, 3.05) is 0 Å². The summed E-state index contributed by atoms with van der Waals surface area (Å²) in [6.45, 7) is 0. The molecule has 14 heavy (non-hydrogen) atoms. The minimum atomic E-state index is 0.644. The average Bonchev–Trinajstić information content (AvgIpc) is 2.19. The highest BCUT2D eigenvalue weighted by Gasteiger charge is 2.02. The summed E-state index contributed by atoms with van der Waals surface area (Å²) >= 11 is 9.41. The van der Waals surface area contributed by atoms with Crippen LogP contribution in [0.3, 0.4) is 0 Å². The molecule has 0 aromatic heterocycles. The second kappa shape index (κ2) is 4.16. The quantitative estimate of drug-likeness (QED) is 0.709. The Morgan fingerprint density at radius 2 is 1.71 bits per heavy atom. The molecule has 0 saturated heterocycles. The van der Waals surface area contributed by atoms with Crippen LogP contribution in [0.2, 0.25) is 5.02 Å². The van der Waals surface area contributed by atoms with E-state index in [1.165, 1.54) is 0 Å². The lowest BCUT2D eigenvalue weighted by Crippen LogP contribution is -1.79. The van der Waals surface area contributed by atoms with Crippen LogP contribution in [-0.4, -0.2) is 0 Å². The summed E-state index contributed by atoms with van der Waals surface area (Å²) in [5.74, 6) is 0. The molecule has 0 aliphatic carbocycles. The second-order valence-corrected chi connectivity index (χ2v) is 4.13. The Balaban J connectivity index is 2.53. The normalized spacial score (nSPS) is 10.1. The molecule has 0 aliphatic rings. The van der Waals surface area contributed by atoms with Crippen molar-refractivity contribution in [2.24, 2.45) is 0 Å². The molecule has 0 heterocycles. The Labute approximate surface area is 96.7 Å². The van der Waals surface area contributed by atoms with Crippen LogP contribution >= 0.6 is 27.5 Å². The monoisotopic (exact) mass is 265 g/mol. The van der Waals surface area contributed by atoms with Crippen molar-refractivity contribution >= 4 is 27.5 Å². The molecule has 2 rings (SSSR count). The van der Waals surface area contributed by atoms with Crippen molar-refractivity contribution in [3.63, 3.8) is 0 Å². The van der Waals surface area contributed by atoms with Crippen LogP contribution in [0.1, 0.15) is 0 Å². The van der Waals surface area contributed by atoms with Crippen molar-refractivity contribution in [3.8, 4) is 11.1 Å². The summed E-state index contributed by atoms with van der Waals surface area (Å²) in [6, 6.07) is 17.0. The van der Waals surface area contributed by atoms with E-state index >= 15 is 0 Å². The molecule has 2 heteroatoms. The Hall–Kier alpha value is -0.790. The molecule has 0 N–H and O–H groups in total. The van der Waals surface area contributed by atoms with Crippen LogP contribution in [0.15, 0.2) is 46.9 Å². The number of rotatable bonds is 1. The predicted molar refractivity (Wildman–Crippen MR) is 63.4 cm³/mol. The fraction of sp³-hybridized carbons (Fsp3) is 0. The maximum absolute atomic E-state index is 6.08. The standard InChI is InChI=1S/C12H7BrCl/c13-10-6-7-11(12(14)8-10)9-4-2-1-3-5-9/h1-7H. The van der Waals surface area contributed by atoms with Gasteiger partial charge < -0.3 is 0 Å². The van der Waals surface area contributed by atoms with Crippen molar-refractivity contribution < 1.29 is 0 Å². The van der Waals surface area contributed by atoms with Crippen molar-refractivity contribution in [2.45, 2.75) is 0 Å². The van der Waals surface area contributed by atoms with E-state index in [1.807, 2.05) is 42.5 Å². The van der Waals surface area contributed by atoms with Gasteiger partial charge in [0.25, 0.3) is 0 Å². The van der Waals surface area contributed by atoms with Crippen LogP contribution in [0.5, 0.6) is 0 Å². The fourth-order valence-corrected chi connectivity index (χ4v) is 2.00. The third-order valence-corrected chi connectivity index (χ3v) is 2.71. The van der Waals surface area contributed by atoms with Crippen molar-refractivity contribution in [1.82, 2.24) is 0 Å². The predicted octanol–water partition coefficient (Wildman–Crippen LogP) is 4.57. The molecular formula is C12H7BrCl. The van der Waals surface area contributed by atoms with Gasteiger partial charge in [-0.05, 0) is 11.6 Å². The molecule has 2 aromatic carbocycles. The Bertz CT molecular complexity index is 437. The lowest BCUT2D eigenvalue weighted by molar-refractivity contribution is 1.58. The number of benzene rings is 2. The molecule has 0 fully saturated rings. The molecule has 0 aliphatic heterocycles. The van der Waals surface area contributed by atoms with Crippen LogP contribution in [0.25, 0.3) is 11.1 Å². The van der Waals surface area contributed by atoms with Gasteiger partial charge in [-0.2, -0.15) is 0 Å². The Kier molecular flexibility index (Phi) is 2.90. The highest BCUT2D eigenvalue weighted by atomic mass is 79.9. The molecule has 0 unspecified atom stereocenters. The van der Waals surface area contributed by atoms with E-state index in [1.54, 1.807) is 0 Å². The van der Waals surface area contributed by atoms with E-state index in [-0.39, 0.29) is 0 Å². The first kappa shape index (κ1) is 9.75. The SMILES string of the molecule is Clc1[c]c(Br)ccc1-c1ccccc1. The summed E-state index contributed by atoms with van der Waals surface area (Å²) in [5.41, 5.74) is 2.12. The first-order valence-electron chi connectivity index (χ1n) is 4.20. The number of hydrogen-bond acceptors (Lipinski definition) is 0. The number of hydrogen-bond donors (Lipinski definition) is 0. The molecule has 0 bridgehead atoms. The van der Waals surface area contributed by atoms with E-state index in [4.69, 9.17) is 11.6 Å². The number of halogens is 2. The van der Waals surface area contributed by atoms with Gasteiger partial charge in [-0.3, -0.25) is 0 Å². The molecule has 0 atom stereocenters. The molecule has 69 valence electrons. The van der Waals surface area contributed by atoms with Crippen molar-refractivity contribution in [1.29, 1.82) is 0 Å². The molecule has 2 aromatic rings. The lowest BCUT2D eigenvalue weighted by atomic mass is 10.1. The van der Waals surface area contributed by atoms with Crippen LogP contribution in [0.4, 0.5) is 0 Å². The molecule has 0 nitrogen and oxygen atoms in total. The van der Waals surface area contributed by atoms with Gasteiger partial charge in [0.2, 0.25) is 0 Å². The summed E-state index contributed by atoms with van der Waals surface area (Å²) in [4.78, 5) is 0. The van der Waals surface area contributed by atoms with E-state index in [2.05, 4.69) is 22.0 Å². The zero-order valence-electron chi connectivity index (χ0n) is 7.30. The van der Waals surface area contributed by atoms with Gasteiger partial charge in [0.15, 0.2) is 0 Å². The van der Waals surface area contributed by atoms with Crippen LogP contribution < -0.4 is 0 Å². The molecule has 0 amide bonds. The summed E-state index contributed by atoms with van der Waals surface area (Å²) in [5, 5.41) is 0.644. The molecule has 1 radical (unpaired) electrons. The van der Waals surface area contributed by atoms with Crippen LogP contribution in [-0.2, 0) is 0 Å². The second-order valence-electron chi connectivity index (χ2n) is 2.90. The van der Waals surface area contributed by atoms with Crippen LogP contribution in [0, 0.1) is 6.07 Å². The highest BCUT2D eigenvalue weighted by Crippen LogP contribution is 2.29. The Morgan fingerprint density at radius 3 is 2.36 bits per heavy atom. The lowest BCUT2D eigenvalue weighted by Gasteiger charge is -2.03. The molecule has 0 spiro atoms. The minimum Gasteiger partial charge on any atom is -0.0829 e. The van der Waals surface area contributed by atoms with Crippen molar-refractivity contribution in [3.05, 3.63) is 58.0 Å². The first-order chi connectivity index (χ1) is 6.77. The summed E-state index contributed by atoms with van der Waals surface area (Å²) < 4.78 is 0.877. The Morgan fingerprint density at radius 1 is 1.00 bits per heavy atom. The van der Waals surface area contributed by atoms with Gasteiger partial charge in [0, 0.05) is 16.1 Å². The minimum absolute atomic E-state index is 0.644. The smallest absolute Gasteiger partial charge is 0.0575 e. The van der Waals surface area contributed by atoms with Gasteiger partial charge in [0.1, 0.15) is 0 Å². The summed E-state index contributed by atoms with van der Waals surface area (Å²) in [7, 11) is 0. The topological polar surface area (TPSA) is 0 Å². The maximum Gasteiger partial charge on any atom is 0.0575 e. The van der Waals surface area contributed by atoms with E-state index < -0.39 is 0 Å². The van der Waals surface area contributed by atoms with Gasteiger partial charge in [-0.1, -0.05) is 63.9 Å². The van der Waals surface area contributed by atoms with Gasteiger partial charge >= 0.3 is 0 Å². The fourth-order valence-electron chi connectivity index (χ4n) is 1.28. The van der Waals surface area contributed by atoms with E-state index in [0.29, 0.717) is 5.02 Å². The third-order valence-electron chi connectivity index (χ3n) is 1.95. The zero-order chi connectivity index (χ0) is 9.97. The van der Waals surface area contributed by atoms with Gasteiger partial charge in [0.05, 0.1) is 5.02 Å². The largest absolute Gasteiger partial charge is 0.0829 e. The molecule has 0 saturated carbocycles. The average molecular weight is 267 g/mol. The van der Waals surface area contributed by atoms with Gasteiger partial charge in [-0.25, -0.2) is 0 Å². The summed E-state index contributed by atoms with van der Waals surface area (Å²) in [6.07, 6.45) is 0. The van der Waals surface area contributed by atoms with E-state index in [0.717, 1.165) is 15.6 Å². The first-order valence-corrected chi connectivity index (χ1v) is 5.37. The highest BCUT2D eigenvalue weighted by molar-refractivity contribution is 9.10. The third kappa shape index (κ3) is 1.99. The van der Waals surface area contributed by atoms with E-state index in [9.17, 15) is 0 Å². The molecular weight excluding hydrogens is 259 g/mol. The maximum atomic E-state index is 6.08. The van der Waals surface area contributed by atoms with Gasteiger partial charge in [-0.15, -0.1) is 0 Å². The zero-order valence-corrected chi connectivity index (χ0v) is 9.64.